The van der Waals surface area contributed by atoms with Crippen LogP contribution in [0, 0.1) is 5.41 Å². The summed E-state index contributed by atoms with van der Waals surface area (Å²) in [5, 5.41) is 27.3. The molecule has 0 saturated carbocycles. The van der Waals surface area contributed by atoms with Gasteiger partial charge in [0, 0.05) is 25.2 Å². The van der Waals surface area contributed by atoms with Crippen LogP contribution in [-0.4, -0.2) is 58.8 Å². The number of carbonyl (C=O) groups is 3. The number of nitrogens with zero attached hydrogens (tertiary/aromatic N) is 6. The minimum Gasteiger partial charge on any atom is -0.483 e. The molecule has 2 amide bonds. The fourth-order valence-corrected chi connectivity index (χ4v) is 4.80. The first-order valence-electron chi connectivity index (χ1n) is 12.8. The van der Waals surface area contributed by atoms with Gasteiger partial charge in [-0.1, -0.05) is 17.7 Å². The first-order valence-corrected chi connectivity index (χ1v) is 12.8. The number of nitrogens with one attached hydrogen (secondary N) is 2. The molecule has 0 fully saturated rings. The van der Waals surface area contributed by atoms with Gasteiger partial charge in [-0.25, -0.2) is 9.50 Å². The Kier molecular flexibility index (Phi) is 6.25. The maximum Gasteiger partial charge on any atom is 0.309 e. The van der Waals surface area contributed by atoms with Crippen molar-refractivity contribution >= 4 is 23.4 Å². The Balaban J connectivity index is 1.15. The third-order valence-corrected chi connectivity index (χ3v) is 7.37. The van der Waals surface area contributed by atoms with Crippen LogP contribution in [0.5, 0.6) is 5.75 Å². The van der Waals surface area contributed by atoms with E-state index in [0.717, 1.165) is 16.8 Å². The van der Waals surface area contributed by atoms with Crippen LogP contribution in [0.3, 0.4) is 0 Å². The van der Waals surface area contributed by atoms with Crippen molar-refractivity contribution in [1.29, 1.82) is 0 Å². The Morgan fingerprint density at radius 2 is 1.98 bits per heavy atom. The molecule has 1 atom stereocenters. The largest absolute Gasteiger partial charge is 0.483 e. The predicted molar refractivity (Wildman–Crippen MR) is 140 cm³/mol. The number of carboxylic acid groups (broad SMARTS) is 1. The minimum absolute atomic E-state index is 0.0784. The highest BCUT2D eigenvalue weighted by molar-refractivity contribution is 5.98. The first-order chi connectivity index (χ1) is 19.3. The van der Waals surface area contributed by atoms with Gasteiger partial charge in [-0.05, 0) is 43.9 Å². The molecule has 204 valence electrons. The number of ether oxygens (including phenoxy) is 1. The third-order valence-electron chi connectivity index (χ3n) is 7.37. The number of allylic oxidation sites excluding steroid dienone is 1. The molecule has 4 aromatic rings. The van der Waals surface area contributed by atoms with Crippen LogP contribution in [0.15, 0.2) is 54.5 Å². The number of fused-ring (bicyclic) bond motifs is 4. The summed E-state index contributed by atoms with van der Waals surface area (Å²) in [6.45, 7) is 2.56. The van der Waals surface area contributed by atoms with Crippen LogP contribution in [0.1, 0.15) is 58.6 Å². The molecule has 13 nitrogen and oxygen atoms in total. The molecule has 2 aliphatic rings. The molecule has 3 aromatic heterocycles. The van der Waals surface area contributed by atoms with Gasteiger partial charge in [-0.3, -0.25) is 19.0 Å². The van der Waals surface area contributed by atoms with Crippen LogP contribution in [0.25, 0.3) is 11.3 Å². The highest BCUT2D eigenvalue weighted by Gasteiger charge is 2.34. The van der Waals surface area contributed by atoms with Gasteiger partial charge in [0.05, 0.1) is 17.3 Å². The third kappa shape index (κ3) is 4.65. The molecule has 4 heterocycles. The normalized spacial score (nSPS) is 17.8. The second-order valence-electron chi connectivity index (χ2n) is 10.1. The van der Waals surface area contributed by atoms with Gasteiger partial charge < -0.3 is 20.5 Å². The predicted octanol–water partition coefficient (Wildman–Crippen LogP) is 2.06. The summed E-state index contributed by atoms with van der Waals surface area (Å²) in [5.74, 6) is -0.292. The van der Waals surface area contributed by atoms with E-state index in [0.29, 0.717) is 43.1 Å². The summed E-state index contributed by atoms with van der Waals surface area (Å²) in [5.41, 5.74) is 2.40. The zero-order valence-electron chi connectivity index (χ0n) is 21.6. The lowest BCUT2D eigenvalue weighted by Crippen LogP contribution is -2.33. The van der Waals surface area contributed by atoms with Gasteiger partial charge in [-0.15, -0.1) is 10.2 Å². The standard InChI is InChI=1S/C27H26N8O5/c1-27(26(38)39)7-4-16(5-8-27)12-29-25(37)20-11-18(32-22-6-9-31-35(20)22)24(36)28-13-17-2-3-21-19(10-17)34-15-30-33-23(34)14-40-21/h2-4,6,9-11,15H,5,7-8,12-14H2,1H3,(H,28,36)(H,29,37)(H,38,39). The Hall–Kier alpha value is -5.07. The van der Waals surface area contributed by atoms with Crippen molar-refractivity contribution in [3.8, 4) is 11.4 Å². The van der Waals surface area contributed by atoms with Crippen LogP contribution in [-0.2, 0) is 17.9 Å². The molecule has 1 aromatic carbocycles. The van der Waals surface area contributed by atoms with Gasteiger partial charge >= 0.3 is 5.97 Å². The van der Waals surface area contributed by atoms with E-state index in [4.69, 9.17) is 4.74 Å². The van der Waals surface area contributed by atoms with Crippen LogP contribution >= 0.6 is 0 Å². The molecular formula is C27H26N8O5. The summed E-state index contributed by atoms with van der Waals surface area (Å²) >= 11 is 0. The molecule has 1 unspecified atom stereocenters. The van der Waals surface area contributed by atoms with E-state index in [1.54, 1.807) is 19.3 Å². The van der Waals surface area contributed by atoms with Gasteiger partial charge in [-0.2, -0.15) is 5.10 Å². The zero-order chi connectivity index (χ0) is 27.9. The molecule has 6 rings (SSSR count). The Labute approximate surface area is 227 Å². The molecule has 0 spiro atoms. The average Bonchev–Trinajstić information content (AvgIpc) is 3.64. The number of rotatable bonds is 7. The fraction of sp³-hybridized carbons (Fsp3) is 0.296. The molecule has 0 radical (unpaired) electrons. The van der Waals surface area contributed by atoms with E-state index < -0.39 is 23.2 Å². The van der Waals surface area contributed by atoms with Gasteiger partial charge in [0.25, 0.3) is 11.8 Å². The molecule has 0 saturated heterocycles. The Morgan fingerprint density at radius 3 is 2.77 bits per heavy atom. The van der Waals surface area contributed by atoms with Crippen molar-refractivity contribution in [2.45, 2.75) is 39.3 Å². The van der Waals surface area contributed by atoms with E-state index in [-0.39, 0.29) is 24.5 Å². The van der Waals surface area contributed by atoms with Crippen molar-refractivity contribution in [2.24, 2.45) is 5.41 Å². The number of aromatic nitrogens is 6. The lowest BCUT2D eigenvalue weighted by molar-refractivity contribution is -0.148. The van der Waals surface area contributed by atoms with Crippen LogP contribution < -0.4 is 15.4 Å². The number of hydrogen-bond donors (Lipinski definition) is 3. The molecule has 0 bridgehead atoms. The Bertz CT molecular complexity index is 1690. The summed E-state index contributed by atoms with van der Waals surface area (Å²) in [4.78, 5) is 42.1. The number of carbonyl (C=O) groups excluding carboxylic acids is 2. The van der Waals surface area contributed by atoms with Gasteiger partial charge in [0.1, 0.15) is 30.1 Å². The molecule has 1 aliphatic heterocycles. The zero-order valence-corrected chi connectivity index (χ0v) is 21.6. The van der Waals surface area contributed by atoms with Crippen molar-refractivity contribution in [2.75, 3.05) is 6.54 Å². The highest BCUT2D eigenvalue weighted by Crippen LogP contribution is 2.35. The highest BCUT2D eigenvalue weighted by atomic mass is 16.5. The first kappa shape index (κ1) is 25.2. The van der Waals surface area contributed by atoms with Crippen molar-refractivity contribution in [1.82, 2.24) is 40.0 Å². The maximum atomic E-state index is 13.1. The van der Waals surface area contributed by atoms with E-state index in [2.05, 4.69) is 30.9 Å². The number of hydrogen-bond acceptors (Lipinski definition) is 8. The van der Waals surface area contributed by atoms with Crippen molar-refractivity contribution < 1.29 is 24.2 Å². The summed E-state index contributed by atoms with van der Waals surface area (Å²) < 4.78 is 8.93. The Morgan fingerprint density at radius 1 is 1.12 bits per heavy atom. The number of amides is 2. The quantitative estimate of drug-likeness (QED) is 0.296. The van der Waals surface area contributed by atoms with Gasteiger partial charge in [0.2, 0.25) is 0 Å². The smallest absolute Gasteiger partial charge is 0.309 e. The lowest BCUT2D eigenvalue weighted by atomic mass is 9.76. The van der Waals surface area contributed by atoms with Crippen molar-refractivity contribution in [3.63, 3.8) is 0 Å². The maximum absolute atomic E-state index is 13.1. The van der Waals surface area contributed by atoms with E-state index in [9.17, 15) is 19.5 Å². The average molecular weight is 543 g/mol. The summed E-state index contributed by atoms with van der Waals surface area (Å²) in [6.07, 6.45) is 6.50. The molecular weight excluding hydrogens is 516 g/mol. The second-order valence-corrected chi connectivity index (χ2v) is 10.1. The fourth-order valence-electron chi connectivity index (χ4n) is 4.80. The van der Waals surface area contributed by atoms with E-state index in [1.807, 2.05) is 28.8 Å². The topological polar surface area (TPSA) is 166 Å². The van der Waals surface area contributed by atoms with Crippen LogP contribution in [0.4, 0.5) is 0 Å². The number of benzene rings is 1. The van der Waals surface area contributed by atoms with E-state index >= 15 is 0 Å². The molecule has 3 N–H and O–H groups in total. The lowest BCUT2D eigenvalue weighted by Gasteiger charge is -2.28. The second kappa shape index (κ2) is 9.91. The van der Waals surface area contributed by atoms with Crippen molar-refractivity contribution in [3.05, 3.63) is 77.3 Å². The minimum atomic E-state index is -0.819. The van der Waals surface area contributed by atoms with Gasteiger partial charge in [0.15, 0.2) is 11.5 Å². The number of carboxylic acids is 1. The van der Waals surface area contributed by atoms with Crippen LogP contribution in [0.2, 0.25) is 0 Å². The summed E-state index contributed by atoms with van der Waals surface area (Å²) in [7, 11) is 0. The molecule has 13 heteroatoms. The monoisotopic (exact) mass is 542 g/mol. The molecule has 40 heavy (non-hydrogen) atoms. The number of aliphatic carboxylic acids is 1. The summed E-state index contributed by atoms with van der Waals surface area (Å²) in [6, 6.07) is 8.62. The molecule has 1 aliphatic carbocycles. The van der Waals surface area contributed by atoms with E-state index in [1.165, 1.54) is 16.8 Å². The SMILES string of the molecule is CC1(C(=O)O)CC=C(CNC(=O)c2cc(C(=O)NCc3ccc4c(c3)-n3cnnc3CO4)nc3ccnn23)CC1.